The van der Waals surface area contributed by atoms with Crippen molar-refractivity contribution in [1.29, 1.82) is 0 Å². The highest BCUT2D eigenvalue weighted by Gasteiger charge is 2.20. The van der Waals surface area contributed by atoms with E-state index in [4.69, 9.17) is 11.6 Å². The summed E-state index contributed by atoms with van der Waals surface area (Å²) in [6.45, 7) is 0. The number of rotatable bonds is 4. The van der Waals surface area contributed by atoms with E-state index in [1.165, 1.54) is 24.9 Å². The lowest BCUT2D eigenvalue weighted by molar-refractivity contribution is 0.0606. The fourth-order valence-electron chi connectivity index (χ4n) is 1.90. The topological polar surface area (TPSA) is 69.9 Å². The summed E-state index contributed by atoms with van der Waals surface area (Å²) in [6, 6.07) is 6.32. The molecule has 0 N–H and O–H groups in total. The van der Waals surface area contributed by atoms with Crippen molar-refractivity contribution in [2.75, 3.05) is 7.11 Å². The number of methoxy groups -OCH3 is 1. The van der Waals surface area contributed by atoms with Crippen LogP contribution in [0.5, 0.6) is 0 Å². The van der Waals surface area contributed by atoms with E-state index in [9.17, 15) is 9.18 Å². The third kappa shape index (κ3) is 3.14. The number of hydrogen-bond acceptors (Lipinski definition) is 7. The van der Waals surface area contributed by atoms with Gasteiger partial charge in [0.2, 0.25) is 0 Å². The lowest BCUT2D eigenvalue weighted by Crippen LogP contribution is -1.98. The average Bonchev–Trinajstić information content (AvgIpc) is 3.11. The second-order valence-electron chi connectivity index (χ2n) is 4.54. The lowest BCUT2D eigenvalue weighted by atomic mass is 10.2. The number of thiazole rings is 1. The van der Waals surface area contributed by atoms with Crippen LogP contribution in [-0.2, 0) is 11.8 Å². The molecule has 0 unspecified atom stereocenters. The van der Waals surface area contributed by atoms with Gasteiger partial charge in [0, 0.05) is 7.05 Å². The van der Waals surface area contributed by atoms with Crippen molar-refractivity contribution in [2.24, 2.45) is 7.05 Å². The van der Waals surface area contributed by atoms with E-state index >= 15 is 0 Å². The van der Waals surface area contributed by atoms with Crippen molar-refractivity contribution in [1.82, 2.24) is 19.7 Å². The van der Waals surface area contributed by atoms with Crippen molar-refractivity contribution in [3.8, 4) is 11.4 Å². The molecular formula is C14H10ClFN4O2S2. The molecule has 0 aliphatic heterocycles. The smallest absolute Gasteiger partial charge is 0.351 e. The van der Waals surface area contributed by atoms with Crippen molar-refractivity contribution in [3.05, 3.63) is 40.1 Å². The first kappa shape index (κ1) is 16.9. The van der Waals surface area contributed by atoms with Crippen molar-refractivity contribution < 1.29 is 13.9 Å². The third-order valence-corrected chi connectivity index (χ3v) is 5.58. The van der Waals surface area contributed by atoms with E-state index in [2.05, 4.69) is 19.9 Å². The minimum atomic E-state index is -0.547. The monoisotopic (exact) mass is 384 g/mol. The number of ether oxygens (including phenoxy) is 1. The Hall–Kier alpha value is -1.97. The Bertz CT molecular complexity index is 912. The predicted molar refractivity (Wildman–Crippen MR) is 89.0 cm³/mol. The molecule has 2 heterocycles. The molecule has 0 amide bonds. The summed E-state index contributed by atoms with van der Waals surface area (Å²) in [6.07, 6.45) is 0. The summed E-state index contributed by atoms with van der Waals surface area (Å²) >= 11 is 8.21. The maximum Gasteiger partial charge on any atom is 0.351 e. The summed E-state index contributed by atoms with van der Waals surface area (Å²) in [4.78, 5) is 15.9. The normalized spacial score (nSPS) is 10.8. The van der Waals surface area contributed by atoms with E-state index in [-0.39, 0.29) is 15.8 Å². The van der Waals surface area contributed by atoms with Crippen molar-refractivity contribution in [2.45, 2.75) is 9.50 Å². The number of carbonyl (C=O) groups is 1. The molecule has 0 aliphatic carbocycles. The molecule has 6 nitrogen and oxygen atoms in total. The van der Waals surface area contributed by atoms with Crippen LogP contribution in [0.1, 0.15) is 9.67 Å². The summed E-state index contributed by atoms with van der Waals surface area (Å²) in [5.74, 6) is -0.532. The fourth-order valence-corrected chi connectivity index (χ4v) is 4.13. The molecule has 24 heavy (non-hydrogen) atoms. The number of halogens is 2. The van der Waals surface area contributed by atoms with Gasteiger partial charge in [0.1, 0.15) is 5.82 Å². The Balaban J connectivity index is 1.90. The maximum atomic E-state index is 13.9. The molecule has 0 atom stereocenters. The molecule has 3 rings (SSSR count). The first-order valence-electron chi connectivity index (χ1n) is 6.58. The van der Waals surface area contributed by atoms with Gasteiger partial charge in [0.05, 0.1) is 12.7 Å². The zero-order valence-electron chi connectivity index (χ0n) is 12.5. The zero-order valence-corrected chi connectivity index (χ0v) is 14.9. The lowest BCUT2D eigenvalue weighted by Gasteiger charge is -2.03. The Morgan fingerprint density at radius 3 is 2.83 bits per heavy atom. The molecule has 3 aromatic rings. The van der Waals surface area contributed by atoms with Crippen LogP contribution >= 0.6 is 34.7 Å². The third-order valence-electron chi connectivity index (χ3n) is 3.07. The van der Waals surface area contributed by atoms with Gasteiger partial charge in [0.15, 0.2) is 25.4 Å². The van der Waals surface area contributed by atoms with Gasteiger partial charge in [-0.2, -0.15) is 0 Å². The van der Waals surface area contributed by atoms with E-state index < -0.39 is 5.97 Å². The van der Waals surface area contributed by atoms with Crippen LogP contribution < -0.4 is 0 Å². The number of carbonyl (C=O) groups excluding carboxylic acids is 1. The van der Waals surface area contributed by atoms with E-state index in [1.54, 1.807) is 29.8 Å². The minimum absolute atomic E-state index is 0.0749. The zero-order chi connectivity index (χ0) is 17.3. The van der Waals surface area contributed by atoms with Crippen LogP contribution in [-0.4, -0.2) is 32.8 Å². The molecule has 0 radical (unpaired) electrons. The number of nitrogens with zero attached hydrogens (tertiary/aromatic N) is 4. The molecular weight excluding hydrogens is 375 g/mol. The Morgan fingerprint density at radius 2 is 2.12 bits per heavy atom. The largest absolute Gasteiger partial charge is 0.465 e. The quantitative estimate of drug-likeness (QED) is 0.639. The molecule has 2 aromatic heterocycles. The van der Waals surface area contributed by atoms with Gasteiger partial charge < -0.3 is 9.30 Å². The minimum Gasteiger partial charge on any atom is -0.465 e. The van der Waals surface area contributed by atoms with Gasteiger partial charge in [0.25, 0.3) is 0 Å². The summed E-state index contributed by atoms with van der Waals surface area (Å²) < 4.78 is 20.7. The highest BCUT2D eigenvalue weighted by Crippen LogP contribution is 2.35. The highest BCUT2D eigenvalue weighted by atomic mass is 35.5. The van der Waals surface area contributed by atoms with Crippen LogP contribution in [0.25, 0.3) is 11.4 Å². The number of benzene rings is 1. The first-order valence-corrected chi connectivity index (χ1v) is 8.59. The number of esters is 1. The number of hydrogen-bond donors (Lipinski definition) is 0. The molecule has 0 saturated heterocycles. The molecule has 0 bridgehead atoms. The van der Waals surface area contributed by atoms with E-state index in [0.717, 1.165) is 11.3 Å². The molecule has 0 fully saturated rings. The molecule has 0 aliphatic rings. The second kappa shape index (κ2) is 6.88. The predicted octanol–water partition coefficient (Wildman–Crippen LogP) is 3.67. The van der Waals surface area contributed by atoms with Gasteiger partial charge >= 0.3 is 5.97 Å². The second-order valence-corrected chi connectivity index (χ2v) is 7.11. The summed E-state index contributed by atoms with van der Waals surface area (Å²) in [5.41, 5.74) is 0.353. The van der Waals surface area contributed by atoms with E-state index in [1.807, 2.05) is 0 Å². The Morgan fingerprint density at radius 1 is 1.38 bits per heavy atom. The molecule has 124 valence electrons. The highest BCUT2D eigenvalue weighted by molar-refractivity contribution is 8.00. The van der Waals surface area contributed by atoms with Gasteiger partial charge in [-0.05, 0) is 23.9 Å². The van der Waals surface area contributed by atoms with Crippen LogP contribution in [0.4, 0.5) is 4.39 Å². The van der Waals surface area contributed by atoms with Crippen molar-refractivity contribution >= 4 is 40.7 Å². The first-order chi connectivity index (χ1) is 11.5. The Labute approximate surface area is 149 Å². The molecule has 0 saturated carbocycles. The molecule has 10 heteroatoms. The standard InChI is InChI=1S/C14H10ClFN4O2S2/c1-20-11(7-5-3-4-6-8(7)16)18-19-13(20)24-14-17-10(15)9(23-14)12(21)22-2/h3-6H,1-2H3. The van der Waals surface area contributed by atoms with Gasteiger partial charge in [-0.1, -0.05) is 35.1 Å². The van der Waals surface area contributed by atoms with Crippen LogP contribution in [0.2, 0.25) is 5.15 Å². The Kier molecular flexibility index (Phi) is 4.83. The summed E-state index contributed by atoms with van der Waals surface area (Å²) in [5, 5.41) is 8.65. The van der Waals surface area contributed by atoms with Gasteiger partial charge in [-0.3, -0.25) is 0 Å². The molecule has 1 aromatic carbocycles. The summed E-state index contributed by atoms with van der Waals surface area (Å²) in [7, 11) is 3.00. The van der Waals surface area contributed by atoms with Crippen molar-refractivity contribution in [3.63, 3.8) is 0 Å². The van der Waals surface area contributed by atoms with E-state index in [0.29, 0.717) is 20.9 Å². The maximum absolute atomic E-state index is 13.9. The van der Waals surface area contributed by atoms with Crippen LogP contribution in [0, 0.1) is 5.82 Å². The number of aromatic nitrogens is 4. The van der Waals surface area contributed by atoms with Gasteiger partial charge in [-0.25, -0.2) is 14.2 Å². The molecule has 0 spiro atoms. The van der Waals surface area contributed by atoms with Gasteiger partial charge in [-0.15, -0.1) is 10.2 Å². The fraction of sp³-hybridized carbons (Fsp3) is 0.143. The van der Waals surface area contributed by atoms with Crippen LogP contribution in [0.15, 0.2) is 33.8 Å². The SMILES string of the molecule is COC(=O)c1sc(Sc2nnc(-c3ccccc3F)n2C)nc1Cl. The van der Waals surface area contributed by atoms with Crippen LogP contribution in [0.3, 0.4) is 0 Å². The average molecular weight is 385 g/mol.